The van der Waals surface area contributed by atoms with Gasteiger partial charge in [-0.05, 0) is 96.2 Å². The average Bonchev–Trinajstić information content (AvgIpc) is 4.08. The minimum Gasteiger partial charge on any atom is -0.453 e. The summed E-state index contributed by atoms with van der Waals surface area (Å²) in [6, 6.07) is 19.2. The summed E-state index contributed by atoms with van der Waals surface area (Å²) in [7, 11) is 2.59. The van der Waals surface area contributed by atoms with Crippen molar-refractivity contribution in [1.29, 1.82) is 0 Å². The fourth-order valence-corrected chi connectivity index (χ4v) is 8.87. The smallest absolute Gasteiger partial charge is 0.407 e. The molecule has 312 valence electrons. The number of nitrogens with zero attached hydrogens (tertiary/aromatic N) is 5. The van der Waals surface area contributed by atoms with Crippen LogP contribution in [0.3, 0.4) is 0 Å². The molecule has 2 saturated heterocycles. The zero-order valence-corrected chi connectivity index (χ0v) is 35.0. The number of amides is 4. The molecule has 14 nitrogen and oxygen atoms in total. The van der Waals surface area contributed by atoms with Crippen molar-refractivity contribution >= 4 is 57.3 Å². The molecule has 0 saturated carbocycles. The Morgan fingerprint density at radius 1 is 0.717 bits per heavy atom. The highest BCUT2D eigenvalue weighted by molar-refractivity contribution is 6.01. The van der Waals surface area contributed by atoms with Crippen LogP contribution in [0, 0.1) is 11.8 Å². The zero-order valence-electron chi connectivity index (χ0n) is 35.0. The van der Waals surface area contributed by atoms with E-state index in [4.69, 9.17) is 24.4 Å². The summed E-state index contributed by atoms with van der Waals surface area (Å²) in [6.07, 6.45) is 4.65. The Morgan fingerprint density at radius 2 is 1.32 bits per heavy atom. The second-order valence-corrected chi connectivity index (χ2v) is 16.7. The number of hydrogen-bond acceptors (Lipinski definition) is 9. The number of pyridine rings is 1. The molecular weight excluding hydrogens is 761 g/mol. The topological polar surface area (TPSA) is 171 Å². The Labute approximate surface area is 349 Å². The highest BCUT2D eigenvalue weighted by atomic mass is 16.5. The lowest BCUT2D eigenvalue weighted by atomic mass is 9.97. The number of imidazole rings is 1. The Kier molecular flexibility index (Phi) is 11.3. The fraction of sp³-hybridized carbons (Fsp3) is 0.413. The molecular formula is C46H52N8O6. The standard InChI is InChI=1S/C46H52N8O6/c1-25(2)40(51-45(57)59-5)43(55)53-17-7-9-38(53)37-23-31-19-27(13-15-33(31)48-37)28-11-12-30-20-32(24-47-35(30)21-28)29-14-16-34-36(22-29)50-42(49-34)39-10-8-18-54(39)44(56)41(26(3)4)52-46(58)60-6/h11-16,19-22,24-26,38-41H,7-10,17-18,23H2,1-6H3,(H,49,50)(H,51,57)(H,52,58)/t38-,39-,40-,41-/m0/s1. The first-order valence-electron chi connectivity index (χ1n) is 20.8. The molecule has 0 aliphatic carbocycles. The van der Waals surface area contributed by atoms with E-state index < -0.39 is 24.3 Å². The second kappa shape index (κ2) is 16.7. The number of aromatic amines is 1. The van der Waals surface area contributed by atoms with Gasteiger partial charge in [0.2, 0.25) is 11.8 Å². The van der Waals surface area contributed by atoms with E-state index in [0.29, 0.717) is 19.5 Å². The number of nitrogens with one attached hydrogen (secondary N) is 3. The van der Waals surface area contributed by atoms with Crippen LogP contribution in [0.25, 0.3) is 44.2 Å². The monoisotopic (exact) mass is 812 g/mol. The molecule has 3 N–H and O–H groups in total. The van der Waals surface area contributed by atoms with Crippen LogP contribution in [0.15, 0.2) is 71.9 Å². The minimum atomic E-state index is -0.696. The van der Waals surface area contributed by atoms with Crippen molar-refractivity contribution in [3.8, 4) is 22.3 Å². The van der Waals surface area contributed by atoms with Crippen LogP contribution in [0.2, 0.25) is 0 Å². The summed E-state index contributed by atoms with van der Waals surface area (Å²) >= 11 is 0. The van der Waals surface area contributed by atoms with Crippen LogP contribution in [-0.2, 0) is 25.5 Å². The van der Waals surface area contributed by atoms with Gasteiger partial charge in [0, 0.05) is 42.4 Å². The first kappa shape index (κ1) is 40.5. The van der Waals surface area contributed by atoms with Crippen molar-refractivity contribution in [2.75, 3.05) is 27.3 Å². The Morgan fingerprint density at radius 3 is 1.98 bits per heavy atom. The SMILES string of the molecule is COC(=O)N[C@H](C(=O)N1CCC[C@H]1C1=Nc2ccc(-c3ccc4cc(-c5ccc6nc([C@@H]7CCCN7C(=O)[C@@H](NC(=O)OC)C(C)C)[nH]c6c5)cnc4c3)cc2C1)C(C)C. The maximum atomic E-state index is 13.7. The fourth-order valence-electron chi connectivity index (χ4n) is 8.87. The molecule has 4 amide bonds. The molecule has 3 aromatic carbocycles. The van der Waals surface area contributed by atoms with E-state index >= 15 is 0 Å². The van der Waals surface area contributed by atoms with Gasteiger partial charge in [0.15, 0.2) is 0 Å². The van der Waals surface area contributed by atoms with Gasteiger partial charge in [-0.2, -0.15) is 0 Å². The van der Waals surface area contributed by atoms with Crippen LogP contribution in [0.4, 0.5) is 15.3 Å². The Bertz CT molecular complexity index is 2510. The van der Waals surface area contributed by atoms with Crippen LogP contribution in [0.1, 0.15) is 70.8 Å². The van der Waals surface area contributed by atoms with Crippen LogP contribution >= 0.6 is 0 Å². The molecule has 0 unspecified atom stereocenters. The predicted octanol–water partition coefficient (Wildman–Crippen LogP) is 7.49. The maximum Gasteiger partial charge on any atom is 0.407 e. The van der Waals surface area contributed by atoms with Gasteiger partial charge >= 0.3 is 12.2 Å². The van der Waals surface area contributed by atoms with E-state index in [0.717, 1.165) is 92.7 Å². The average molecular weight is 813 g/mol. The Balaban J connectivity index is 0.965. The number of H-pyrrole nitrogens is 1. The summed E-state index contributed by atoms with van der Waals surface area (Å²) in [5.41, 5.74) is 9.68. The Hall–Kier alpha value is -6.31. The van der Waals surface area contributed by atoms with Crippen molar-refractivity contribution in [3.63, 3.8) is 0 Å². The third-order valence-corrected chi connectivity index (χ3v) is 12.1. The third kappa shape index (κ3) is 7.90. The van der Waals surface area contributed by atoms with Gasteiger partial charge < -0.3 is 34.9 Å². The molecule has 0 spiro atoms. The van der Waals surface area contributed by atoms with Gasteiger partial charge in [-0.15, -0.1) is 0 Å². The van der Waals surface area contributed by atoms with Gasteiger partial charge in [0.25, 0.3) is 0 Å². The number of aromatic nitrogens is 3. The summed E-state index contributed by atoms with van der Waals surface area (Å²) in [5, 5.41) is 6.45. The molecule has 14 heteroatoms. The lowest BCUT2D eigenvalue weighted by Gasteiger charge is -2.30. The number of likely N-dealkylation sites (tertiary alicyclic amines) is 2. The molecule has 5 aromatic rings. The molecule has 8 rings (SSSR count). The summed E-state index contributed by atoms with van der Waals surface area (Å²) in [4.78, 5) is 73.4. The second-order valence-electron chi connectivity index (χ2n) is 16.7. The molecule has 3 aliphatic heterocycles. The molecule has 5 heterocycles. The van der Waals surface area contributed by atoms with Gasteiger partial charge in [0.1, 0.15) is 17.9 Å². The van der Waals surface area contributed by atoms with Crippen LogP contribution in [0.5, 0.6) is 0 Å². The van der Waals surface area contributed by atoms with E-state index in [-0.39, 0.29) is 35.7 Å². The molecule has 4 atom stereocenters. The van der Waals surface area contributed by atoms with Gasteiger partial charge in [-0.25, -0.2) is 14.6 Å². The minimum absolute atomic E-state index is 0.0929. The van der Waals surface area contributed by atoms with Crippen molar-refractivity contribution in [3.05, 3.63) is 78.2 Å². The van der Waals surface area contributed by atoms with E-state index in [1.54, 1.807) is 0 Å². The normalized spacial score (nSPS) is 18.5. The van der Waals surface area contributed by atoms with E-state index in [1.807, 2.05) is 55.8 Å². The number of carbonyl (C=O) groups is 4. The molecule has 3 aliphatic rings. The quantitative estimate of drug-likeness (QED) is 0.130. The van der Waals surface area contributed by atoms with E-state index in [1.165, 1.54) is 14.2 Å². The number of aliphatic imine (C=N–C) groups is 1. The highest BCUT2D eigenvalue weighted by Gasteiger charge is 2.40. The largest absolute Gasteiger partial charge is 0.453 e. The molecule has 0 radical (unpaired) electrons. The molecule has 2 fully saturated rings. The van der Waals surface area contributed by atoms with Gasteiger partial charge in [-0.1, -0.05) is 52.0 Å². The van der Waals surface area contributed by atoms with Crippen molar-refractivity contribution in [2.24, 2.45) is 16.8 Å². The number of methoxy groups -OCH3 is 2. The zero-order chi connectivity index (χ0) is 42.2. The molecule has 60 heavy (non-hydrogen) atoms. The van der Waals surface area contributed by atoms with Crippen LogP contribution < -0.4 is 10.6 Å². The number of fused-ring (bicyclic) bond motifs is 3. The molecule has 0 bridgehead atoms. The lowest BCUT2D eigenvalue weighted by Crippen LogP contribution is -2.53. The van der Waals surface area contributed by atoms with E-state index in [9.17, 15) is 19.2 Å². The predicted molar refractivity (Wildman–Crippen MR) is 230 cm³/mol. The third-order valence-electron chi connectivity index (χ3n) is 12.1. The maximum absolute atomic E-state index is 13.7. The number of rotatable bonds is 10. The summed E-state index contributed by atoms with van der Waals surface area (Å²) < 4.78 is 9.57. The number of ether oxygens (including phenoxy) is 2. The van der Waals surface area contributed by atoms with Gasteiger partial charge in [0.05, 0.1) is 48.5 Å². The van der Waals surface area contributed by atoms with Crippen molar-refractivity contribution < 1.29 is 28.7 Å². The number of benzene rings is 3. The number of hydrogen-bond donors (Lipinski definition) is 3. The number of carbonyl (C=O) groups excluding carboxylic acids is 4. The summed E-state index contributed by atoms with van der Waals surface area (Å²) in [6.45, 7) is 8.86. The first-order valence-corrected chi connectivity index (χ1v) is 20.8. The van der Waals surface area contributed by atoms with Crippen molar-refractivity contribution in [1.82, 2.24) is 35.4 Å². The highest BCUT2D eigenvalue weighted by Crippen LogP contribution is 2.37. The summed E-state index contributed by atoms with van der Waals surface area (Å²) in [5.74, 6) is 0.281. The van der Waals surface area contributed by atoms with Crippen LogP contribution in [-0.4, -0.2) is 99.9 Å². The van der Waals surface area contributed by atoms with Gasteiger partial charge in [-0.3, -0.25) is 19.6 Å². The molecule has 2 aromatic heterocycles. The number of alkyl carbamates (subject to hydrolysis) is 2. The van der Waals surface area contributed by atoms with E-state index in [2.05, 4.69) is 64.1 Å². The lowest BCUT2D eigenvalue weighted by molar-refractivity contribution is -0.135. The van der Waals surface area contributed by atoms with Crippen molar-refractivity contribution in [2.45, 2.75) is 84.0 Å². The first-order chi connectivity index (χ1) is 28.9.